The lowest BCUT2D eigenvalue weighted by Gasteiger charge is -2.35. The van der Waals surface area contributed by atoms with E-state index in [4.69, 9.17) is 5.73 Å². The van der Waals surface area contributed by atoms with E-state index in [1.165, 1.54) is 44.9 Å². The number of hydrogen-bond acceptors (Lipinski definition) is 2. The van der Waals surface area contributed by atoms with Crippen LogP contribution < -0.4 is 16.4 Å². The Morgan fingerprint density at radius 2 is 1.58 bits per heavy atom. The number of nitrogens with one attached hydrogen (secondary N) is 2. The van der Waals surface area contributed by atoms with E-state index in [1.807, 2.05) is 0 Å². The van der Waals surface area contributed by atoms with Gasteiger partial charge in [-0.3, -0.25) is 0 Å². The first-order chi connectivity index (χ1) is 9.24. The Bertz CT molecular complexity index is 279. The summed E-state index contributed by atoms with van der Waals surface area (Å²) in [6, 6.07) is 0.376. The molecule has 0 radical (unpaired) electrons. The second-order valence-corrected chi connectivity index (χ2v) is 6.33. The summed E-state index contributed by atoms with van der Waals surface area (Å²) in [5.74, 6) is 0. The van der Waals surface area contributed by atoms with Crippen molar-refractivity contribution in [1.29, 1.82) is 0 Å². The summed E-state index contributed by atoms with van der Waals surface area (Å²) < 4.78 is 0. The van der Waals surface area contributed by atoms with E-state index >= 15 is 0 Å². The molecule has 2 saturated carbocycles. The van der Waals surface area contributed by atoms with E-state index in [1.54, 1.807) is 0 Å². The molecule has 0 aromatic heterocycles. The summed E-state index contributed by atoms with van der Waals surface area (Å²) in [4.78, 5) is 12.2. The molecule has 2 aliphatic rings. The highest BCUT2D eigenvalue weighted by Crippen LogP contribution is 2.25. The minimum atomic E-state index is -0.164. The molecule has 4 N–H and O–H groups in total. The first kappa shape index (κ1) is 14.6. The number of urea groups is 1. The van der Waals surface area contributed by atoms with Gasteiger partial charge in [-0.2, -0.15) is 0 Å². The summed E-state index contributed by atoms with van der Waals surface area (Å²) in [5.41, 5.74) is 5.81. The summed E-state index contributed by atoms with van der Waals surface area (Å²) >= 11 is 0. The van der Waals surface area contributed by atoms with Crippen molar-refractivity contribution in [3.63, 3.8) is 0 Å². The summed E-state index contributed by atoms with van der Waals surface area (Å²) in [6.07, 6.45) is 13.0. The molecule has 4 heteroatoms. The van der Waals surface area contributed by atoms with Crippen molar-refractivity contribution in [2.45, 2.75) is 82.2 Å². The van der Waals surface area contributed by atoms with Crippen LogP contribution in [0.15, 0.2) is 0 Å². The molecule has 0 aromatic rings. The highest BCUT2D eigenvalue weighted by Gasteiger charge is 2.31. The van der Waals surface area contributed by atoms with Crippen LogP contribution in [0.2, 0.25) is 0 Å². The van der Waals surface area contributed by atoms with Crippen LogP contribution in [-0.2, 0) is 0 Å². The standard InChI is InChI=1S/C15H29N3O/c16-12-15(10-6-2-1-3-7-11-15)18-14(19)17-13-8-4-5-9-13/h13H,1-12,16H2,(H2,17,18,19). The molecule has 2 aliphatic carbocycles. The maximum atomic E-state index is 12.2. The smallest absolute Gasteiger partial charge is 0.315 e. The first-order valence-corrected chi connectivity index (χ1v) is 8.03. The number of nitrogens with two attached hydrogens (primary N) is 1. The van der Waals surface area contributed by atoms with Crippen LogP contribution in [-0.4, -0.2) is 24.2 Å². The molecule has 0 heterocycles. The Hall–Kier alpha value is -0.770. The zero-order valence-corrected chi connectivity index (χ0v) is 12.0. The fourth-order valence-corrected chi connectivity index (χ4v) is 3.49. The normalized spacial score (nSPS) is 24.5. The minimum Gasteiger partial charge on any atom is -0.335 e. The lowest BCUT2D eigenvalue weighted by Crippen LogP contribution is -2.57. The molecular formula is C15H29N3O. The third-order valence-electron chi connectivity index (χ3n) is 4.77. The SMILES string of the molecule is NCC1(NC(=O)NC2CCCC2)CCCCCCC1. The average molecular weight is 267 g/mol. The van der Waals surface area contributed by atoms with Crippen LogP contribution in [0.1, 0.15) is 70.6 Å². The van der Waals surface area contributed by atoms with Gasteiger partial charge in [0.05, 0.1) is 5.54 Å². The summed E-state index contributed by atoms with van der Waals surface area (Å²) in [7, 11) is 0. The van der Waals surface area contributed by atoms with Crippen molar-refractivity contribution in [1.82, 2.24) is 10.6 Å². The second-order valence-electron chi connectivity index (χ2n) is 6.33. The van der Waals surface area contributed by atoms with E-state index in [-0.39, 0.29) is 11.6 Å². The van der Waals surface area contributed by atoms with Crippen molar-refractivity contribution in [3.05, 3.63) is 0 Å². The van der Waals surface area contributed by atoms with Crippen molar-refractivity contribution >= 4 is 6.03 Å². The fraction of sp³-hybridized carbons (Fsp3) is 0.933. The van der Waals surface area contributed by atoms with Crippen LogP contribution in [0.4, 0.5) is 4.79 Å². The predicted molar refractivity (Wildman–Crippen MR) is 78.0 cm³/mol. The van der Waals surface area contributed by atoms with Gasteiger partial charge in [0.2, 0.25) is 0 Å². The van der Waals surface area contributed by atoms with Gasteiger partial charge < -0.3 is 16.4 Å². The zero-order chi connectivity index (χ0) is 13.6. The molecular weight excluding hydrogens is 238 g/mol. The van der Waals surface area contributed by atoms with E-state index in [0.29, 0.717) is 12.6 Å². The van der Waals surface area contributed by atoms with Gasteiger partial charge >= 0.3 is 6.03 Å². The lowest BCUT2D eigenvalue weighted by atomic mass is 9.84. The second kappa shape index (κ2) is 7.13. The molecule has 110 valence electrons. The molecule has 2 fully saturated rings. The average Bonchev–Trinajstić information content (AvgIpc) is 2.85. The van der Waals surface area contributed by atoms with Gasteiger partial charge in [-0.25, -0.2) is 4.79 Å². The number of rotatable bonds is 3. The highest BCUT2D eigenvalue weighted by atomic mass is 16.2. The Kier molecular flexibility index (Phi) is 5.49. The molecule has 0 spiro atoms. The molecule has 0 saturated heterocycles. The molecule has 2 amide bonds. The number of carbonyl (C=O) groups excluding carboxylic acids is 1. The molecule has 0 bridgehead atoms. The van der Waals surface area contributed by atoms with E-state index in [0.717, 1.165) is 25.7 Å². The molecule has 0 aliphatic heterocycles. The Labute approximate surface area is 116 Å². The third kappa shape index (κ3) is 4.37. The number of carbonyl (C=O) groups is 1. The highest BCUT2D eigenvalue weighted by molar-refractivity contribution is 5.75. The molecule has 0 unspecified atom stereocenters. The quantitative estimate of drug-likeness (QED) is 0.736. The maximum absolute atomic E-state index is 12.2. The molecule has 4 nitrogen and oxygen atoms in total. The van der Waals surface area contributed by atoms with Gasteiger partial charge in [0.25, 0.3) is 0 Å². The van der Waals surface area contributed by atoms with Crippen LogP contribution in [0, 0.1) is 0 Å². The Morgan fingerprint density at radius 1 is 1.00 bits per heavy atom. The van der Waals surface area contributed by atoms with E-state index in [2.05, 4.69) is 10.6 Å². The van der Waals surface area contributed by atoms with Gasteiger partial charge in [-0.05, 0) is 25.7 Å². The van der Waals surface area contributed by atoms with E-state index in [9.17, 15) is 4.79 Å². The van der Waals surface area contributed by atoms with Crippen molar-refractivity contribution in [3.8, 4) is 0 Å². The van der Waals surface area contributed by atoms with Crippen molar-refractivity contribution < 1.29 is 4.79 Å². The predicted octanol–water partition coefficient (Wildman–Crippen LogP) is 2.67. The van der Waals surface area contributed by atoms with E-state index < -0.39 is 0 Å². The molecule has 0 atom stereocenters. The number of amides is 2. The fourth-order valence-electron chi connectivity index (χ4n) is 3.49. The van der Waals surface area contributed by atoms with Crippen molar-refractivity contribution in [2.24, 2.45) is 5.73 Å². The molecule has 2 rings (SSSR count). The zero-order valence-electron chi connectivity index (χ0n) is 12.0. The Morgan fingerprint density at radius 3 is 2.16 bits per heavy atom. The van der Waals surface area contributed by atoms with Crippen molar-refractivity contribution in [2.75, 3.05) is 6.54 Å². The molecule has 19 heavy (non-hydrogen) atoms. The largest absolute Gasteiger partial charge is 0.335 e. The number of hydrogen-bond donors (Lipinski definition) is 3. The van der Waals surface area contributed by atoms with Gasteiger partial charge in [-0.1, -0.05) is 44.9 Å². The minimum absolute atomic E-state index is 0.00192. The maximum Gasteiger partial charge on any atom is 0.315 e. The van der Waals surface area contributed by atoms with Gasteiger partial charge in [0.15, 0.2) is 0 Å². The lowest BCUT2D eigenvalue weighted by molar-refractivity contribution is 0.208. The first-order valence-electron chi connectivity index (χ1n) is 8.03. The van der Waals surface area contributed by atoms with Gasteiger partial charge in [-0.15, -0.1) is 0 Å². The van der Waals surface area contributed by atoms with Crippen LogP contribution >= 0.6 is 0 Å². The van der Waals surface area contributed by atoms with Gasteiger partial charge in [0.1, 0.15) is 0 Å². The summed E-state index contributed by atoms with van der Waals surface area (Å²) in [5, 5.41) is 6.32. The third-order valence-corrected chi connectivity index (χ3v) is 4.77. The summed E-state index contributed by atoms with van der Waals surface area (Å²) in [6.45, 7) is 0.561. The molecule has 0 aromatic carbocycles. The van der Waals surface area contributed by atoms with Gasteiger partial charge in [0, 0.05) is 12.6 Å². The van der Waals surface area contributed by atoms with Crippen LogP contribution in [0.5, 0.6) is 0 Å². The van der Waals surface area contributed by atoms with Crippen LogP contribution in [0.3, 0.4) is 0 Å². The Balaban J connectivity index is 1.86. The topological polar surface area (TPSA) is 67.1 Å². The monoisotopic (exact) mass is 267 g/mol. The van der Waals surface area contributed by atoms with Crippen LogP contribution in [0.25, 0.3) is 0 Å².